The molecule has 0 saturated carbocycles. The predicted octanol–water partition coefficient (Wildman–Crippen LogP) is 7.02. The normalized spacial score (nSPS) is 15.4. The standard InChI is InChI=1S/C37H46N6O3/c1-7-9-29-14-17-32(33(22-29)45-6)46-36-31(35(44)40-34-25(2)10-8-11-26(34)3)23-38-37(41-36)39-30-15-12-28(13-16-30)18-19-43-21-20-42(5)27(4)24-43/h8,10-17,22-23,27H,7,9,18-21,24H2,1-6H3,(H,40,44)(H,38,39,41). The molecule has 0 bridgehead atoms. The van der Waals surface area contributed by atoms with Crippen molar-refractivity contribution >= 4 is 23.2 Å². The van der Waals surface area contributed by atoms with Crippen LogP contribution in [0.4, 0.5) is 17.3 Å². The van der Waals surface area contributed by atoms with E-state index in [0.717, 1.165) is 73.5 Å². The predicted molar refractivity (Wildman–Crippen MR) is 185 cm³/mol. The number of hydrogen-bond donors (Lipinski definition) is 2. The van der Waals surface area contributed by atoms with Gasteiger partial charge in [-0.05, 0) is 87.2 Å². The van der Waals surface area contributed by atoms with Gasteiger partial charge in [-0.3, -0.25) is 4.79 Å². The van der Waals surface area contributed by atoms with E-state index < -0.39 is 0 Å². The lowest BCUT2D eigenvalue weighted by atomic mass is 10.1. The average molecular weight is 623 g/mol. The molecule has 0 radical (unpaired) electrons. The van der Waals surface area contributed by atoms with Gasteiger partial charge in [0.1, 0.15) is 5.56 Å². The summed E-state index contributed by atoms with van der Waals surface area (Å²) in [6.07, 6.45) is 4.43. The summed E-state index contributed by atoms with van der Waals surface area (Å²) in [6.45, 7) is 12.7. The number of amides is 1. The highest BCUT2D eigenvalue weighted by Crippen LogP contribution is 2.34. The second kappa shape index (κ2) is 15.2. The minimum Gasteiger partial charge on any atom is -0.493 e. The molecule has 1 aromatic heterocycles. The first-order valence-electron chi connectivity index (χ1n) is 16.1. The summed E-state index contributed by atoms with van der Waals surface area (Å²) in [6, 6.07) is 20.6. The van der Waals surface area contributed by atoms with Crippen molar-refractivity contribution in [1.82, 2.24) is 19.8 Å². The van der Waals surface area contributed by atoms with E-state index in [1.807, 2.05) is 62.4 Å². The number of rotatable bonds is 12. The Morgan fingerprint density at radius 3 is 2.41 bits per heavy atom. The third kappa shape index (κ3) is 8.21. The summed E-state index contributed by atoms with van der Waals surface area (Å²) in [4.78, 5) is 27.7. The number of aryl methyl sites for hydroxylation is 3. The molecule has 0 spiro atoms. The number of carbonyl (C=O) groups excluding carboxylic acids is 1. The van der Waals surface area contributed by atoms with Gasteiger partial charge in [-0.2, -0.15) is 4.98 Å². The number of carbonyl (C=O) groups is 1. The Morgan fingerprint density at radius 1 is 0.978 bits per heavy atom. The number of nitrogens with one attached hydrogen (secondary N) is 2. The summed E-state index contributed by atoms with van der Waals surface area (Å²) in [5, 5.41) is 6.32. The lowest BCUT2D eigenvalue weighted by molar-refractivity contribution is 0.102. The number of methoxy groups -OCH3 is 1. The minimum absolute atomic E-state index is 0.126. The second-order valence-corrected chi connectivity index (χ2v) is 12.2. The zero-order valence-corrected chi connectivity index (χ0v) is 27.9. The lowest BCUT2D eigenvalue weighted by Crippen LogP contribution is -2.50. The molecule has 242 valence electrons. The molecule has 1 aliphatic heterocycles. The first kappa shape index (κ1) is 32.9. The van der Waals surface area contributed by atoms with Gasteiger partial charge in [-0.15, -0.1) is 0 Å². The number of likely N-dealkylation sites (N-methyl/N-ethyl adjacent to an activating group) is 1. The van der Waals surface area contributed by atoms with E-state index in [1.165, 1.54) is 11.8 Å². The van der Waals surface area contributed by atoms with Crippen LogP contribution in [-0.2, 0) is 12.8 Å². The minimum atomic E-state index is -0.361. The molecule has 1 fully saturated rings. The highest BCUT2D eigenvalue weighted by atomic mass is 16.5. The Kier molecular flexibility index (Phi) is 10.9. The van der Waals surface area contributed by atoms with Crippen molar-refractivity contribution < 1.29 is 14.3 Å². The fourth-order valence-electron chi connectivity index (χ4n) is 5.70. The number of nitrogens with zero attached hydrogens (tertiary/aromatic N) is 4. The van der Waals surface area contributed by atoms with Crippen LogP contribution in [0.2, 0.25) is 0 Å². The lowest BCUT2D eigenvalue weighted by Gasteiger charge is -2.37. The zero-order chi connectivity index (χ0) is 32.6. The molecule has 1 atom stereocenters. The van der Waals surface area contributed by atoms with Gasteiger partial charge in [0.25, 0.3) is 5.91 Å². The molecule has 9 heteroatoms. The molecule has 9 nitrogen and oxygen atoms in total. The Bertz CT molecular complexity index is 1620. The molecule has 0 aliphatic carbocycles. The summed E-state index contributed by atoms with van der Waals surface area (Å²) in [5.74, 6) is 1.12. The summed E-state index contributed by atoms with van der Waals surface area (Å²) < 4.78 is 11.9. The average Bonchev–Trinajstić information content (AvgIpc) is 3.05. The van der Waals surface area contributed by atoms with Crippen molar-refractivity contribution in [3.05, 3.63) is 94.7 Å². The maximum absolute atomic E-state index is 13.6. The summed E-state index contributed by atoms with van der Waals surface area (Å²) in [7, 11) is 3.80. The van der Waals surface area contributed by atoms with Crippen molar-refractivity contribution in [2.24, 2.45) is 0 Å². The van der Waals surface area contributed by atoms with Crippen LogP contribution in [0.25, 0.3) is 0 Å². The molecule has 2 heterocycles. The molecular weight excluding hydrogens is 576 g/mol. The number of benzene rings is 3. The number of aromatic nitrogens is 2. The van der Waals surface area contributed by atoms with Gasteiger partial charge < -0.3 is 29.9 Å². The van der Waals surface area contributed by atoms with E-state index in [9.17, 15) is 4.79 Å². The number of hydrogen-bond acceptors (Lipinski definition) is 8. The molecule has 2 N–H and O–H groups in total. The van der Waals surface area contributed by atoms with Crippen molar-refractivity contribution in [2.75, 3.05) is 51.0 Å². The van der Waals surface area contributed by atoms with E-state index in [0.29, 0.717) is 23.5 Å². The quantitative estimate of drug-likeness (QED) is 0.174. The fourth-order valence-corrected chi connectivity index (χ4v) is 5.70. The Balaban J connectivity index is 1.35. The summed E-state index contributed by atoms with van der Waals surface area (Å²) in [5.41, 5.74) is 6.16. The van der Waals surface area contributed by atoms with E-state index >= 15 is 0 Å². The van der Waals surface area contributed by atoms with Crippen LogP contribution in [0, 0.1) is 13.8 Å². The van der Waals surface area contributed by atoms with Gasteiger partial charge in [-0.25, -0.2) is 4.98 Å². The molecule has 3 aromatic carbocycles. The largest absolute Gasteiger partial charge is 0.493 e. The number of para-hydroxylation sites is 1. The SMILES string of the molecule is CCCc1ccc(Oc2nc(Nc3ccc(CCN4CCN(C)C(C)C4)cc3)ncc2C(=O)Nc2c(C)cccc2C)c(OC)c1. The topological polar surface area (TPSA) is 91.9 Å². The smallest absolute Gasteiger partial charge is 0.262 e. The second-order valence-electron chi connectivity index (χ2n) is 12.2. The first-order chi connectivity index (χ1) is 22.2. The summed E-state index contributed by atoms with van der Waals surface area (Å²) >= 11 is 0. The molecule has 1 aliphatic rings. The van der Waals surface area contributed by atoms with E-state index in [4.69, 9.17) is 9.47 Å². The van der Waals surface area contributed by atoms with Crippen molar-refractivity contribution in [3.8, 4) is 17.4 Å². The first-order valence-corrected chi connectivity index (χ1v) is 16.1. The Hall–Kier alpha value is -4.47. The highest BCUT2D eigenvalue weighted by Gasteiger charge is 2.22. The molecule has 4 aromatic rings. The Labute approximate surface area is 273 Å². The monoisotopic (exact) mass is 622 g/mol. The third-order valence-corrected chi connectivity index (χ3v) is 8.66. The molecule has 1 amide bonds. The van der Waals surface area contributed by atoms with Gasteiger partial charge in [0.05, 0.1) is 7.11 Å². The third-order valence-electron chi connectivity index (χ3n) is 8.66. The number of ether oxygens (including phenoxy) is 2. The maximum atomic E-state index is 13.6. The van der Waals surface area contributed by atoms with Crippen LogP contribution < -0.4 is 20.1 Å². The Morgan fingerprint density at radius 2 is 1.72 bits per heavy atom. The van der Waals surface area contributed by atoms with Crippen LogP contribution >= 0.6 is 0 Å². The van der Waals surface area contributed by atoms with Gasteiger partial charge in [0.2, 0.25) is 11.8 Å². The molecule has 46 heavy (non-hydrogen) atoms. The van der Waals surface area contributed by atoms with Crippen molar-refractivity contribution in [2.45, 2.75) is 53.0 Å². The molecule has 1 unspecified atom stereocenters. The van der Waals surface area contributed by atoms with Crippen LogP contribution in [-0.4, -0.2) is 72.1 Å². The van der Waals surface area contributed by atoms with E-state index in [-0.39, 0.29) is 17.4 Å². The van der Waals surface area contributed by atoms with Crippen LogP contribution in [0.5, 0.6) is 17.4 Å². The number of piperazine rings is 1. The fraction of sp³-hybridized carbons (Fsp3) is 0.378. The van der Waals surface area contributed by atoms with E-state index in [1.54, 1.807) is 7.11 Å². The van der Waals surface area contributed by atoms with Gasteiger partial charge >= 0.3 is 0 Å². The van der Waals surface area contributed by atoms with Crippen LogP contribution in [0.15, 0.2) is 66.9 Å². The van der Waals surface area contributed by atoms with Crippen LogP contribution in [0.1, 0.15) is 52.9 Å². The van der Waals surface area contributed by atoms with Crippen molar-refractivity contribution in [1.29, 1.82) is 0 Å². The van der Waals surface area contributed by atoms with Gasteiger partial charge in [0, 0.05) is 49.8 Å². The van der Waals surface area contributed by atoms with E-state index in [2.05, 4.69) is 63.4 Å². The van der Waals surface area contributed by atoms with Gasteiger partial charge in [0.15, 0.2) is 11.5 Å². The maximum Gasteiger partial charge on any atom is 0.262 e. The van der Waals surface area contributed by atoms with Gasteiger partial charge in [-0.1, -0.05) is 49.7 Å². The molecular formula is C37H46N6O3. The van der Waals surface area contributed by atoms with Crippen LogP contribution in [0.3, 0.4) is 0 Å². The zero-order valence-electron chi connectivity index (χ0n) is 27.9. The molecule has 5 rings (SSSR count). The highest BCUT2D eigenvalue weighted by molar-refractivity contribution is 6.06. The molecule has 1 saturated heterocycles. The van der Waals surface area contributed by atoms with Crippen molar-refractivity contribution in [3.63, 3.8) is 0 Å². The number of anilines is 3.